The van der Waals surface area contributed by atoms with E-state index in [0.717, 1.165) is 11.1 Å². The van der Waals surface area contributed by atoms with Gasteiger partial charge in [-0.2, -0.15) is 9.61 Å². The summed E-state index contributed by atoms with van der Waals surface area (Å²) in [6.07, 6.45) is 0. The summed E-state index contributed by atoms with van der Waals surface area (Å²) in [6, 6.07) is 17.2. The van der Waals surface area contributed by atoms with Gasteiger partial charge >= 0.3 is 0 Å². The van der Waals surface area contributed by atoms with Gasteiger partial charge in [0.1, 0.15) is 5.82 Å². The highest BCUT2D eigenvalue weighted by Gasteiger charge is 2.11. The smallest absolute Gasteiger partial charge is 0.185 e. The van der Waals surface area contributed by atoms with Crippen LogP contribution in [0.25, 0.3) is 28.3 Å². The van der Waals surface area contributed by atoms with Crippen LogP contribution in [0.2, 0.25) is 0 Å². The Kier molecular flexibility index (Phi) is 3.01. The van der Waals surface area contributed by atoms with Gasteiger partial charge in [-0.05, 0) is 48.5 Å². The van der Waals surface area contributed by atoms with Gasteiger partial charge in [0, 0.05) is 16.8 Å². The lowest BCUT2D eigenvalue weighted by Crippen LogP contribution is -1.97. The second-order valence-corrected chi connectivity index (χ2v) is 5.14. The van der Waals surface area contributed by atoms with Crippen molar-refractivity contribution >= 4 is 11.3 Å². The molecule has 0 saturated carbocycles. The fourth-order valence-corrected chi connectivity index (χ4v) is 2.42. The van der Waals surface area contributed by atoms with Crippen LogP contribution in [0.3, 0.4) is 0 Å². The second-order valence-electron chi connectivity index (χ2n) is 5.14. The van der Waals surface area contributed by atoms with E-state index in [4.69, 9.17) is 5.73 Å². The van der Waals surface area contributed by atoms with E-state index >= 15 is 0 Å². The largest absolute Gasteiger partial charge is 0.399 e. The summed E-state index contributed by atoms with van der Waals surface area (Å²) >= 11 is 0. The van der Waals surface area contributed by atoms with Crippen LogP contribution in [0, 0.1) is 5.82 Å². The monoisotopic (exact) mass is 305 g/mol. The van der Waals surface area contributed by atoms with E-state index < -0.39 is 0 Å². The van der Waals surface area contributed by atoms with Crippen molar-refractivity contribution in [1.82, 2.24) is 19.8 Å². The Morgan fingerprint density at radius 1 is 0.870 bits per heavy atom. The molecule has 0 radical (unpaired) electrons. The lowest BCUT2D eigenvalue weighted by Gasteiger charge is -2.04. The Labute approximate surface area is 131 Å². The van der Waals surface area contributed by atoms with E-state index in [2.05, 4.69) is 15.3 Å². The average molecular weight is 305 g/mol. The van der Waals surface area contributed by atoms with Gasteiger partial charge in [0.05, 0.1) is 5.69 Å². The van der Waals surface area contributed by atoms with Crippen molar-refractivity contribution < 1.29 is 4.39 Å². The molecule has 0 aliphatic rings. The maximum absolute atomic E-state index is 13.1. The number of nitrogens with zero attached hydrogens (tertiary/aromatic N) is 4. The van der Waals surface area contributed by atoms with E-state index in [-0.39, 0.29) is 5.82 Å². The van der Waals surface area contributed by atoms with Gasteiger partial charge in [-0.3, -0.25) is 0 Å². The molecule has 23 heavy (non-hydrogen) atoms. The predicted octanol–water partition coefficient (Wildman–Crippen LogP) is 3.18. The van der Waals surface area contributed by atoms with Crippen LogP contribution < -0.4 is 5.73 Å². The molecule has 4 rings (SSSR count). The van der Waals surface area contributed by atoms with Gasteiger partial charge < -0.3 is 5.73 Å². The number of nitrogen functional groups attached to an aromatic ring is 1. The van der Waals surface area contributed by atoms with Crippen LogP contribution in [0.15, 0.2) is 60.7 Å². The minimum Gasteiger partial charge on any atom is -0.399 e. The molecule has 2 heterocycles. The Balaban J connectivity index is 1.88. The number of nitrogens with two attached hydrogens (primary N) is 1. The normalized spacial score (nSPS) is 11.0. The Hall–Kier alpha value is -3.28. The summed E-state index contributed by atoms with van der Waals surface area (Å²) in [5, 5.41) is 12.9. The average Bonchev–Trinajstić information content (AvgIpc) is 2.98. The first-order valence-corrected chi connectivity index (χ1v) is 7.05. The van der Waals surface area contributed by atoms with Crippen LogP contribution in [0.5, 0.6) is 0 Å². The van der Waals surface area contributed by atoms with E-state index in [1.807, 2.05) is 36.4 Å². The number of benzene rings is 2. The first-order valence-electron chi connectivity index (χ1n) is 7.05. The highest BCUT2D eigenvalue weighted by Crippen LogP contribution is 2.22. The molecule has 2 aromatic carbocycles. The molecule has 5 nitrogen and oxygen atoms in total. The van der Waals surface area contributed by atoms with Crippen LogP contribution in [0.1, 0.15) is 0 Å². The van der Waals surface area contributed by atoms with Crippen molar-refractivity contribution in [3.63, 3.8) is 0 Å². The Morgan fingerprint density at radius 2 is 1.70 bits per heavy atom. The van der Waals surface area contributed by atoms with Gasteiger partial charge in [-0.25, -0.2) is 4.39 Å². The van der Waals surface area contributed by atoms with Crippen molar-refractivity contribution in [1.29, 1.82) is 0 Å². The fraction of sp³-hybridized carbons (Fsp3) is 0. The summed E-state index contributed by atoms with van der Waals surface area (Å²) in [7, 11) is 0. The van der Waals surface area contributed by atoms with Crippen molar-refractivity contribution in [3.05, 3.63) is 66.5 Å². The molecule has 0 aliphatic heterocycles. The van der Waals surface area contributed by atoms with Crippen LogP contribution >= 0.6 is 0 Å². The zero-order chi connectivity index (χ0) is 15.8. The Morgan fingerprint density at radius 3 is 2.48 bits per heavy atom. The maximum Gasteiger partial charge on any atom is 0.185 e. The highest BCUT2D eigenvalue weighted by molar-refractivity contribution is 5.65. The third-order valence-corrected chi connectivity index (χ3v) is 3.55. The molecule has 112 valence electrons. The zero-order valence-electron chi connectivity index (χ0n) is 12.0. The number of rotatable bonds is 2. The lowest BCUT2D eigenvalue weighted by molar-refractivity contribution is 0.628. The summed E-state index contributed by atoms with van der Waals surface area (Å²) in [4.78, 5) is 0. The summed E-state index contributed by atoms with van der Waals surface area (Å²) in [5.74, 6) is 0.329. The van der Waals surface area contributed by atoms with Gasteiger partial charge in [-0.15, -0.1) is 10.2 Å². The van der Waals surface area contributed by atoms with Crippen molar-refractivity contribution in [2.75, 3.05) is 5.73 Å². The zero-order valence-corrected chi connectivity index (χ0v) is 12.0. The Bertz CT molecular complexity index is 991. The van der Waals surface area contributed by atoms with Gasteiger partial charge in [0.15, 0.2) is 11.5 Å². The van der Waals surface area contributed by atoms with Crippen molar-refractivity contribution in [2.45, 2.75) is 0 Å². The molecule has 0 spiro atoms. The topological polar surface area (TPSA) is 69.1 Å². The SMILES string of the molecule is Nc1cccc(-c2nnc3ccc(-c4ccc(F)cc4)nn23)c1. The standard InChI is InChI=1S/C17H12FN5/c18-13-6-4-11(5-7-13)15-8-9-16-20-21-17(23(16)22-15)12-2-1-3-14(19)10-12/h1-10H,19H2. The minimum atomic E-state index is -0.278. The van der Waals surface area contributed by atoms with Crippen LogP contribution in [-0.2, 0) is 0 Å². The van der Waals surface area contributed by atoms with E-state index in [1.165, 1.54) is 12.1 Å². The fourth-order valence-electron chi connectivity index (χ4n) is 2.42. The molecule has 0 unspecified atom stereocenters. The molecular formula is C17H12FN5. The van der Waals surface area contributed by atoms with Crippen molar-refractivity contribution in [2.24, 2.45) is 0 Å². The first-order chi connectivity index (χ1) is 11.2. The van der Waals surface area contributed by atoms with Gasteiger partial charge in [0.25, 0.3) is 0 Å². The lowest BCUT2D eigenvalue weighted by atomic mass is 10.1. The second kappa shape index (κ2) is 5.17. The van der Waals surface area contributed by atoms with Crippen LogP contribution in [0.4, 0.5) is 10.1 Å². The van der Waals surface area contributed by atoms with Crippen LogP contribution in [-0.4, -0.2) is 19.8 Å². The van der Waals surface area contributed by atoms with Gasteiger partial charge in [0.2, 0.25) is 0 Å². The third kappa shape index (κ3) is 2.40. The number of anilines is 1. The molecule has 0 fully saturated rings. The summed E-state index contributed by atoms with van der Waals surface area (Å²) < 4.78 is 14.7. The highest BCUT2D eigenvalue weighted by atomic mass is 19.1. The molecule has 0 bridgehead atoms. The van der Waals surface area contributed by atoms with E-state index in [1.54, 1.807) is 16.6 Å². The number of fused-ring (bicyclic) bond motifs is 1. The number of halogens is 1. The molecule has 0 saturated heterocycles. The minimum absolute atomic E-state index is 0.278. The summed E-state index contributed by atoms with van der Waals surface area (Å²) in [5.41, 5.74) is 9.48. The summed E-state index contributed by atoms with van der Waals surface area (Å²) in [6.45, 7) is 0. The van der Waals surface area contributed by atoms with E-state index in [9.17, 15) is 4.39 Å². The number of hydrogen-bond acceptors (Lipinski definition) is 4. The van der Waals surface area contributed by atoms with Gasteiger partial charge in [-0.1, -0.05) is 12.1 Å². The molecule has 2 N–H and O–H groups in total. The van der Waals surface area contributed by atoms with Crippen molar-refractivity contribution in [3.8, 4) is 22.6 Å². The molecule has 4 aromatic rings. The third-order valence-electron chi connectivity index (χ3n) is 3.55. The molecule has 6 heteroatoms. The molecule has 2 aromatic heterocycles. The van der Waals surface area contributed by atoms with E-state index in [0.29, 0.717) is 22.9 Å². The first kappa shape index (κ1) is 13.4. The molecular weight excluding hydrogens is 293 g/mol. The number of hydrogen-bond donors (Lipinski definition) is 1. The molecule has 0 aliphatic carbocycles. The maximum atomic E-state index is 13.1. The molecule has 0 atom stereocenters. The predicted molar refractivity (Wildman–Crippen MR) is 86.0 cm³/mol. The quantitative estimate of drug-likeness (QED) is 0.577. The number of aromatic nitrogens is 4. The molecule has 0 amide bonds.